The Balaban J connectivity index is 1.64. The Hall–Kier alpha value is -2.83. The molecule has 3 rings (SSSR count). The second kappa shape index (κ2) is 7.59. The van der Waals surface area contributed by atoms with Crippen LogP contribution in [-0.4, -0.2) is 59.9 Å². The van der Waals surface area contributed by atoms with Gasteiger partial charge in [-0.15, -0.1) is 0 Å². The SMILES string of the molecule is COc1ccc2cc(CCC(=O)N3CCN(C(C)=O)CC3)c(=O)[nH]c2c1. The Morgan fingerprint density at radius 2 is 1.81 bits per heavy atom. The Kier molecular flexibility index (Phi) is 5.25. The second-order valence-electron chi connectivity index (χ2n) is 6.46. The zero-order chi connectivity index (χ0) is 18.7. The number of piperazine rings is 1. The number of aryl methyl sites for hydroxylation is 1. The molecule has 1 aromatic heterocycles. The van der Waals surface area contributed by atoms with Gasteiger partial charge in [-0.2, -0.15) is 0 Å². The van der Waals surface area contributed by atoms with Gasteiger partial charge in [0.05, 0.1) is 12.6 Å². The molecule has 0 radical (unpaired) electrons. The fourth-order valence-electron chi connectivity index (χ4n) is 3.21. The van der Waals surface area contributed by atoms with Gasteiger partial charge in [-0.05, 0) is 30.0 Å². The molecule has 0 bridgehead atoms. The van der Waals surface area contributed by atoms with Gasteiger partial charge in [-0.1, -0.05) is 0 Å². The van der Waals surface area contributed by atoms with E-state index < -0.39 is 0 Å². The van der Waals surface area contributed by atoms with Crippen LogP contribution in [0.15, 0.2) is 29.1 Å². The van der Waals surface area contributed by atoms with Crippen LogP contribution >= 0.6 is 0 Å². The molecule has 1 N–H and O–H groups in total. The van der Waals surface area contributed by atoms with Crippen molar-refractivity contribution in [2.24, 2.45) is 0 Å². The number of carbonyl (C=O) groups is 2. The molecule has 26 heavy (non-hydrogen) atoms. The molecule has 1 saturated heterocycles. The molecule has 1 aliphatic heterocycles. The molecule has 2 aromatic rings. The number of fused-ring (bicyclic) bond motifs is 1. The first-order valence-electron chi connectivity index (χ1n) is 8.71. The van der Waals surface area contributed by atoms with Gasteiger partial charge in [-0.25, -0.2) is 0 Å². The zero-order valence-electron chi connectivity index (χ0n) is 15.1. The van der Waals surface area contributed by atoms with E-state index in [2.05, 4.69) is 4.98 Å². The Morgan fingerprint density at radius 1 is 1.12 bits per heavy atom. The molecule has 0 atom stereocenters. The molecule has 1 aromatic carbocycles. The van der Waals surface area contributed by atoms with E-state index in [1.807, 2.05) is 18.2 Å². The number of hydrogen-bond acceptors (Lipinski definition) is 4. The molecule has 0 spiro atoms. The van der Waals surface area contributed by atoms with Gasteiger partial charge >= 0.3 is 0 Å². The number of rotatable bonds is 4. The molecule has 138 valence electrons. The highest BCUT2D eigenvalue weighted by atomic mass is 16.5. The van der Waals surface area contributed by atoms with Crippen molar-refractivity contribution in [1.82, 2.24) is 14.8 Å². The number of aromatic amines is 1. The lowest BCUT2D eigenvalue weighted by atomic mass is 10.1. The minimum Gasteiger partial charge on any atom is -0.497 e. The zero-order valence-corrected chi connectivity index (χ0v) is 15.1. The molecule has 2 amide bonds. The predicted molar refractivity (Wildman–Crippen MR) is 98.3 cm³/mol. The highest BCUT2D eigenvalue weighted by molar-refractivity contribution is 5.81. The van der Waals surface area contributed by atoms with Crippen molar-refractivity contribution in [3.05, 3.63) is 40.2 Å². The van der Waals surface area contributed by atoms with Crippen LogP contribution in [0, 0.1) is 0 Å². The number of pyridine rings is 1. The third-order valence-corrected chi connectivity index (χ3v) is 4.82. The molecule has 2 heterocycles. The van der Waals surface area contributed by atoms with E-state index in [0.717, 1.165) is 5.39 Å². The first-order valence-corrected chi connectivity index (χ1v) is 8.71. The van der Waals surface area contributed by atoms with Crippen LogP contribution < -0.4 is 10.3 Å². The number of hydrogen-bond donors (Lipinski definition) is 1. The van der Waals surface area contributed by atoms with Crippen molar-refractivity contribution in [2.75, 3.05) is 33.3 Å². The molecule has 1 fully saturated rings. The number of ether oxygens (including phenoxy) is 1. The van der Waals surface area contributed by atoms with Gasteiger partial charge < -0.3 is 19.5 Å². The van der Waals surface area contributed by atoms with Crippen LogP contribution in [0.3, 0.4) is 0 Å². The van der Waals surface area contributed by atoms with E-state index in [1.54, 1.807) is 29.9 Å². The number of aromatic nitrogens is 1. The number of benzene rings is 1. The quantitative estimate of drug-likeness (QED) is 0.890. The van der Waals surface area contributed by atoms with Crippen LogP contribution in [0.4, 0.5) is 0 Å². The average Bonchev–Trinajstić information content (AvgIpc) is 2.65. The molecule has 0 unspecified atom stereocenters. The monoisotopic (exact) mass is 357 g/mol. The summed E-state index contributed by atoms with van der Waals surface area (Å²) in [4.78, 5) is 42.4. The summed E-state index contributed by atoms with van der Waals surface area (Å²) in [6.07, 6.45) is 0.674. The number of H-pyrrole nitrogens is 1. The van der Waals surface area contributed by atoms with E-state index in [4.69, 9.17) is 4.74 Å². The first-order chi connectivity index (χ1) is 12.5. The third kappa shape index (κ3) is 3.87. The Morgan fingerprint density at radius 3 is 2.46 bits per heavy atom. The van der Waals surface area contributed by atoms with Gasteiger partial charge in [-0.3, -0.25) is 14.4 Å². The van der Waals surface area contributed by atoms with Crippen LogP contribution in [0.1, 0.15) is 18.9 Å². The maximum absolute atomic E-state index is 12.4. The topological polar surface area (TPSA) is 82.7 Å². The van der Waals surface area contributed by atoms with Gasteiger partial charge in [0.25, 0.3) is 5.56 Å². The minimum atomic E-state index is -0.181. The van der Waals surface area contributed by atoms with Crippen LogP contribution in [0.2, 0.25) is 0 Å². The van der Waals surface area contributed by atoms with E-state index in [0.29, 0.717) is 49.4 Å². The van der Waals surface area contributed by atoms with Gasteiger partial charge in [0.2, 0.25) is 11.8 Å². The summed E-state index contributed by atoms with van der Waals surface area (Å²) < 4.78 is 5.16. The maximum atomic E-state index is 12.4. The van der Waals surface area contributed by atoms with Crippen LogP contribution in [-0.2, 0) is 16.0 Å². The summed E-state index contributed by atoms with van der Waals surface area (Å²) in [6, 6.07) is 7.33. The van der Waals surface area contributed by atoms with Gasteiger partial charge in [0, 0.05) is 51.2 Å². The van der Waals surface area contributed by atoms with Crippen molar-refractivity contribution in [3.63, 3.8) is 0 Å². The van der Waals surface area contributed by atoms with E-state index in [9.17, 15) is 14.4 Å². The normalized spacial score (nSPS) is 14.5. The van der Waals surface area contributed by atoms with Crippen LogP contribution in [0.5, 0.6) is 5.75 Å². The highest BCUT2D eigenvalue weighted by Crippen LogP contribution is 2.19. The minimum absolute atomic E-state index is 0.0161. The largest absolute Gasteiger partial charge is 0.497 e. The van der Waals surface area contributed by atoms with Crippen molar-refractivity contribution in [1.29, 1.82) is 0 Å². The van der Waals surface area contributed by atoms with Crippen molar-refractivity contribution < 1.29 is 14.3 Å². The van der Waals surface area contributed by atoms with Gasteiger partial charge in [0.1, 0.15) is 5.75 Å². The molecule has 1 aliphatic rings. The number of amides is 2. The number of methoxy groups -OCH3 is 1. The standard InChI is InChI=1S/C19H23N3O4/c1-13(23)21-7-9-22(10-8-21)18(24)6-4-15-11-14-3-5-16(26-2)12-17(14)20-19(15)25/h3,5,11-12H,4,6-10H2,1-2H3,(H,20,25). The van der Waals surface area contributed by atoms with Gasteiger partial charge in [0.15, 0.2) is 0 Å². The van der Waals surface area contributed by atoms with Crippen molar-refractivity contribution >= 4 is 22.7 Å². The van der Waals surface area contributed by atoms with E-state index in [1.165, 1.54) is 0 Å². The molecule has 7 nitrogen and oxygen atoms in total. The second-order valence-corrected chi connectivity index (χ2v) is 6.46. The third-order valence-electron chi connectivity index (χ3n) is 4.82. The molecule has 0 saturated carbocycles. The lowest BCUT2D eigenvalue weighted by Crippen LogP contribution is -2.50. The molecule has 7 heteroatoms. The predicted octanol–water partition coefficient (Wildman–Crippen LogP) is 1.16. The number of carbonyl (C=O) groups excluding carboxylic acids is 2. The Bertz CT molecular complexity index is 882. The summed E-state index contributed by atoms with van der Waals surface area (Å²) in [6.45, 7) is 3.77. The lowest BCUT2D eigenvalue weighted by molar-refractivity contribution is -0.138. The molecular formula is C19H23N3O4. The van der Waals surface area contributed by atoms with Crippen LogP contribution in [0.25, 0.3) is 10.9 Å². The summed E-state index contributed by atoms with van der Waals surface area (Å²) >= 11 is 0. The fourth-order valence-corrected chi connectivity index (χ4v) is 3.21. The summed E-state index contributed by atoms with van der Waals surface area (Å²) in [5, 5.41) is 0.905. The highest BCUT2D eigenvalue weighted by Gasteiger charge is 2.22. The molecule has 0 aliphatic carbocycles. The van der Waals surface area contributed by atoms with E-state index in [-0.39, 0.29) is 23.8 Å². The number of nitrogens with one attached hydrogen (secondary N) is 1. The summed E-state index contributed by atoms with van der Waals surface area (Å²) in [5.41, 5.74) is 1.13. The first kappa shape index (κ1) is 18.0. The van der Waals surface area contributed by atoms with Crippen molar-refractivity contribution in [3.8, 4) is 5.75 Å². The average molecular weight is 357 g/mol. The van der Waals surface area contributed by atoms with E-state index >= 15 is 0 Å². The summed E-state index contributed by atoms with van der Waals surface area (Å²) in [7, 11) is 1.58. The maximum Gasteiger partial charge on any atom is 0.251 e. The Labute approximate surface area is 151 Å². The smallest absolute Gasteiger partial charge is 0.251 e. The van der Waals surface area contributed by atoms with Crippen molar-refractivity contribution in [2.45, 2.75) is 19.8 Å². The fraction of sp³-hybridized carbons (Fsp3) is 0.421. The lowest BCUT2D eigenvalue weighted by Gasteiger charge is -2.34. The molecular weight excluding hydrogens is 334 g/mol. The summed E-state index contributed by atoms with van der Waals surface area (Å²) in [5.74, 6) is 0.736. The number of nitrogens with zero attached hydrogens (tertiary/aromatic N) is 2.